The lowest BCUT2D eigenvalue weighted by atomic mass is 10.3. The van der Waals surface area contributed by atoms with Crippen molar-refractivity contribution in [1.29, 1.82) is 0 Å². The van der Waals surface area contributed by atoms with Gasteiger partial charge in [-0.2, -0.15) is 0 Å². The topological polar surface area (TPSA) is 46.3 Å². The number of anilines is 1. The molecule has 0 aliphatic carbocycles. The quantitative estimate of drug-likeness (QED) is 0.680. The number of para-hydroxylation sites is 1. The molecule has 0 heterocycles. The van der Waals surface area contributed by atoms with Crippen LogP contribution in [0.5, 0.6) is 0 Å². The number of halogens is 1. The highest BCUT2D eigenvalue weighted by atomic mass is 19.2. The van der Waals surface area contributed by atoms with E-state index in [2.05, 4.69) is 0 Å². The van der Waals surface area contributed by atoms with Gasteiger partial charge in [0.1, 0.15) is 6.54 Å². The molecule has 0 unspecified atom stereocenters. The van der Waals surface area contributed by atoms with Gasteiger partial charge in [0.05, 0.1) is 5.69 Å². The summed E-state index contributed by atoms with van der Waals surface area (Å²) >= 11 is 0. The predicted octanol–water partition coefficient (Wildman–Crippen LogP) is 0.863. The minimum absolute atomic E-state index is 0.308. The Morgan fingerprint density at radius 3 is 2.50 bits per heavy atom. The minimum Gasteiger partial charge on any atom is -0.368 e. The molecule has 0 spiro atoms. The standard InChI is InChI=1S/C8H9FN2O/c9-11(6-8(10)12)7-4-2-1-3-5-7/h1-5H,6H2,(H2,10,12). The van der Waals surface area contributed by atoms with Crippen LogP contribution < -0.4 is 10.9 Å². The van der Waals surface area contributed by atoms with Crippen molar-refractivity contribution in [3.05, 3.63) is 30.3 Å². The first-order valence-corrected chi connectivity index (χ1v) is 3.47. The lowest BCUT2D eigenvalue weighted by molar-refractivity contribution is -0.117. The highest BCUT2D eigenvalue weighted by Gasteiger charge is 2.06. The first-order valence-electron chi connectivity index (χ1n) is 3.47. The van der Waals surface area contributed by atoms with E-state index >= 15 is 0 Å². The lowest BCUT2D eigenvalue weighted by Gasteiger charge is -2.10. The number of hydrogen-bond acceptors (Lipinski definition) is 2. The maximum absolute atomic E-state index is 12.9. The van der Waals surface area contributed by atoms with Crippen LogP contribution in [-0.2, 0) is 4.79 Å². The predicted molar refractivity (Wildman–Crippen MR) is 44.1 cm³/mol. The number of nitrogens with zero attached hydrogens (tertiary/aromatic N) is 1. The van der Waals surface area contributed by atoms with Gasteiger partial charge in [-0.05, 0) is 12.1 Å². The van der Waals surface area contributed by atoms with Gasteiger partial charge in [-0.25, -0.2) is 5.12 Å². The largest absolute Gasteiger partial charge is 0.368 e. The Kier molecular flexibility index (Phi) is 2.63. The van der Waals surface area contributed by atoms with E-state index in [0.717, 1.165) is 0 Å². The number of hydrogen-bond donors (Lipinski definition) is 1. The molecule has 1 aromatic rings. The van der Waals surface area contributed by atoms with Crippen molar-refractivity contribution in [1.82, 2.24) is 0 Å². The number of rotatable bonds is 3. The average Bonchev–Trinajstić information content (AvgIpc) is 2.05. The lowest BCUT2D eigenvalue weighted by Crippen LogP contribution is -2.27. The molecule has 0 aromatic heterocycles. The van der Waals surface area contributed by atoms with Crippen molar-refractivity contribution < 1.29 is 9.28 Å². The second-order valence-electron chi connectivity index (χ2n) is 2.32. The van der Waals surface area contributed by atoms with Crippen LogP contribution in [0.3, 0.4) is 0 Å². The van der Waals surface area contributed by atoms with Crippen LogP contribution >= 0.6 is 0 Å². The molecular formula is C8H9FN2O. The third-order valence-electron chi connectivity index (χ3n) is 1.33. The molecule has 0 radical (unpaired) electrons. The van der Waals surface area contributed by atoms with Crippen molar-refractivity contribution in [2.45, 2.75) is 0 Å². The molecule has 0 fully saturated rings. The zero-order valence-electron chi connectivity index (χ0n) is 6.40. The van der Waals surface area contributed by atoms with Crippen LogP contribution in [0.4, 0.5) is 10.2 Å². The zero-order valence-corrected chi connectivity index (χ0v) is 6.40. The SMILES string of the molecule is NC(=O)CN(F)c1ccccc1. The van der Waals surface area contributed by atoms with Crippen molar-refractivity contribution in [2.75, 3.05) is 11.7 Å². The summed E-state index contributed by atoms with van der Waals surface area (Å²) in [6.07, 6.45) is 0. The number of carbonyl (C=O) groups is 1. The van der Waals surface area contributed by atoms with Gasteiger partial charge in [0, 0.05) is 0 Å². The van der Waals surface area contributed by atoms with Crippen LogP contribution in [0, 0.1) is 0 Å². The third-order valence-corrected chi connectivity index (χ3v) is 1.33. The van der Waals surface area contributed by atoms with Gasteiger partial charge in [-0.15, -0.1) is 0 Å². The van der Waals surface area contributed by atoms with E-state index in [4.69, 9.17) is 5.73 Å². The molecule has 0 atom stereocenters. The van der Waals surface area contributed by atoms with Gasteiger partial charge in [-0.3, -0.25) is 4.79 Å². The number of amides is 1. The molecule has 0 saturated carbocycles. The maximum Gasteiger partial charge on any atom is 0.239 e. The van der Waals surface area contributed by atoms with Crippen LogP contribution in [-0.4, -0.2) is 12.5 Å². The molecule has 2 N–H and O–H groups in total. The van der Waals surface area contributed by atoms with E-state index in [1.807, 2.05) is 0 Å². The minimum atomic E-state index is -0.693. The number of carbonyl (C=O) groups excluding carboxylic acids is 1. The molecule has 1 rings (SSSR count). The molecule has 3 nitrogen and oxygen atoms in total. The van der Waals surface area contributed by atoms with Gasteiger partial charge < -0.3 is 5.73 Å². The van der Waals surface area contributed by atoms with Gasteiger partial charge in [0.25, 0.3) is 0 Å². The van der Waals surface area contributed by atoms with Crippen LogP contribution in [0.15, 0.2) is 30.3 Å². The molecular weight excluding hydrogens is 159 g/mol. The first kappa shape index (κ1) is 8.52. The van der Waals surface area contributed by atoms with Crippen LogP contribution in [0.1, 0.15) is 0 Å². The Bertz CT molecular complexity index is 263. The van der Waals surface area contributed by atoms with E-state index in [9.17, 15) is 9.28 Å². The first-order chi connectivity index (χ1) is 5.70. The van der Waals surface area contributed by atoms with E-state index in [0.29, 0.717) is 10.8 Å². The van der Waals surface area contributed by atoms with E-state index in [-0.39, 0.29) is 0 Å². The van der Waals surface area contributed by atoms with Gasteiger partial charge in [0.15, 0.2) is 0 Å². The van der Waals surface area contributed by atoms with Crippen molar-refractivity contribution in [3.8, 4) is 0 Å². The molecule has 0 saturated heterocycles. The summed E-state index contributed by atoms with van der Waals surface area (Å²) in [5.41, 5.74) is 5.14. The molecule has 64 valence electrons. The molecule has 0 aliphatic rings. The Labute approximate surface area is 69.5 Å². The summed E-state index contributed by atoms with van der Waals surface area (Å²) in [6.45, 7) is -0.413. The highest BCUT2D eigenvalue weighted by molar-refractivity contribution is 5.78. The highest BCUT2D eigenvalue weighted by Crippen LogP contribution is 2.12. The summed E-state index contributed by atoms with van der Waals surface area (Å²) in [4.78, 5) is 10.3. The Morgan fingerprint density at radius 1 is 1.42 bits per heavy atom. The van der Waals surface area contributed by atoms with Crippen molar-refractivity contribution >= 4 is 11.6 Å². The van der Waals surface area contributed by atoms with Gasteiger partial charge >= 0.3 is 0 Å². The molecule has 0 bridgehead atoms. The molecule has 1 amide bonds. The molecule has 4 heteroatoms. The smallest absolute Gasteiger partial charge is 0.239 e. The molecule has 12 heavy (non-hydrogen) atoms. The summed E-state index contributed by atoms with van der Waals surface area (Å²) in [5, 5.41) is 0.308. The normalized spacial score (nSPS) is 9.42. The van der Waals surface area contributed by atoms with Crippen LogP contribution in [0.2, 0.25) is 0 Å². The summed E-state index contributed by atoms with van der Waals surface area (Å²) < 4.78 is 12.9. The van der Waals surface area contributed by atoms with Crippen molar-refractivity contribution in [3.63, 3.8) is 0 Å². The maximum atomic E-state index is 12.9. The van der Waals surface area contributed by atoms with Crippen molar-refractivity contribution in [2.24, 2.45) is 5.73 Å². The summed E-state index contributed by atoms with van der Waals surface area (Å²) in [6, 6.07) is 8.25. The van der Waals surface area contributed by atoms with E-state index in [1.165, 1.54) is 0 Å². The molecule has 1 aromatic carbocycles. The molecule has 0 aliphatic heterocycles. The van der Waals surface area contributed by atoms with E-state index < -0.39 is 12.5 Å². The average molecular weight is 168 g/mol. The van der Waals surface area contributed by atoms with Crippen LogP contribution in [0.25, 0.3) is 0 Å². The number of benzene rings is 1. The monoisotopic (exact) mass is 168 g/mol. The fourth-order valence-corrected chi connectivity index (χ4v) is 0.818. The summed E-state index contributed by atoms with van der Waals surface area (Å²) in [5.74, 6) is -0.693. The second kappa shape index (κ2) is 3.71. The third kappa shape index (κ3) is 2.23. The Hall–Kier alpha value is -1.58. The Balaban J connectivity index is 2.65. The van der Waals surface area contributed by atoms with E-state index in [1.54, 1.807) is 30.3 Å². The second-order valence-corrected chi connectivity index (χ2v) is 2.32. The van der Waals surface area contributed by atoms with Gasteiger partial charge in [-0.1, -0.05) is 22.7 Å². The number of nitrogens with two attached hydrogens (primary N) is 1. The fraction of sp³-hybridized carbons (Fsp3) is 0.125. The Morgan fingerprint density at radius 2 is 2.00 bits per heavy atom. The fourth-order valence-electron chi connectivity index (χ4n) is 0.818. The summed E-state index contributed by atoms with van der Waals surface area (Å²) in [7, 11) is 0. The number of primary amides is 1. The van der Waals surface area contributed by atoms with Gasteiger partial charge in [0.2, 0.25) is 5.91 Å². The zero-order chi connectivity index (χ0) is 8.97.